The molecule has 3 heterocycles. The second-order valence-corrected chi connectivity index (χ2v) is 10.4. The first-order valence-corrected chi connectivity index (χ1v) is 12.6. The number of carbonyl (C=O) groups excluding carboxylic acids is 1. The highest BCUT2D eigenvalue weighted by molar-refractivity contribution is 7.90. The largest absolute Gasteiger partial charge is 0.461 e. The molecule has 0 amide bonds. The molecule has 1 fully saturated rings. The lowest BCUT2D eigenvalue weighted by atomic mass is 9.97. The van der Waals surface area contributed by atoms with Gasteiger partial charge in [0.1, 0.15) is 17.1 Å². The Morgan fingerprint density at radius 2 is 1.94 bits per heavy atom. The van der Waals surface area contributed by atoms with Crippen LogP contribution in [0.2, 0.25) is 0 Å². The number of amidine groups is 1. The van der Waals surface area contributed by atoms with Crippen LogP contribution in [-0.4, -0.2) is 38.2 Å². The van der Waals surface area contributed by atoms with Gasteiger partial charge in [-0.25, -0.2) is 4.79 Å². The summed E-state index contributed by atoms with van der Waals surface area (Å²) in [5.41, 5.74) is 3.17. The predicted octanol–water partition coefficient (Wildman–Crippen LogP) is 3.31. The average Bonchev–Trinajstić information content (AvgIpc) is 3.09. The van der Waals surface area contributed by atoms with E-state index in [0.717, 1.165) is 16.5 Å². The average molecular weight is 481 g/mol. The number of nitrogens with zero attached hydrogens (tertiary/aromatic N) is 2. The van der Waals surface area contributed by atoms with Gasteiger partial charge in [0.05, 0.1) is 5.92 Å². The number of aryl methyl sites for hydroxylation is 2. The standard InChI is InChI=1S/C25H24N2O6S/c1-15-10-20-18(12-23(28)33-21(20)11-16(15)2)14-32-25(29)17-6-5-9-27(13-17)24-19-7-3-4-8-22(19)34(30,31)26-24/h3-4,7-8,10-12,17H,5-6,9,13-14H2,1-2H3/t17-/m0/s1. The SMILES string of the molecule is Cc1cc2oc(=O)cc(COC(=O)[C@H]3CCCN(C4=NS(=O)(=O)c5ccccc54)C3)c2cc1C. The van der Waals surface area contributed by atoms with Crippen molar-refractivity contribution in [2.24, 2.45) is 10.3 Å². The van der Waals surface area contributed by atoms with Crippen LogP contribution in [0.5, 0.6) is 0 Å². The molecule has 9 heteroatoms. The maximum Gasteiger partial charge on any atom is 0.336 e. The van der Waals surface area contributed by atoms with E-state index in [2.05, 4.69) is 4.40 Å². The van der Waals surface area contributed by atoms with E-state index >= 15 is 0 Å². The maximum absolute atomic E-state index is 12.9. The zero-order valence-electron chi connectivity index (χ0n) is 18.9. The molecule has 2 aliphatic heterocycles. The Morgan fingerprint density at radius 3 is 2.76 bits per heavy atom. The third kappa shape index (κ3) is 4.00. The van der Waals surface area contributed by atoms with Crippen molar-refractivity contribution in [3.63, 3.8) is 0 Å². The Morgan fingerprint density at radius 1 is 1.18 bits per heavy atom. The number of esters is 1. The summed E-state index contributed by atoms with van der Waals surface area (Å²) in [6, 6.07) is 11.8. The minimum atomic E-state index is -3.73. The number of ether oxygens (including phenoxy) is 1. The molecule has 2 aromatic carbocycles. The quantitative estimate of drug-likeness (QED) is 0.418. The van der Waals surface area contributed by atoms with Gasteiger partial charge in [0.15, 0.2) is 5.84 Å². The van der Waals surface area contributed by atoms with Crippen molar-refractivity contribution in [2.45, 2.75) is 38.2 Å². The Bertz CT molecular complexity index is 1510. The summed E-state index contributed by atoms with van der Waals surface area (Å²) in [7, 11) is -3.73. The smallest absolute Gasteiger partial charge is 0.336 e. The van der Waals surface area contributed by atoms with Crippen molar-refractivity contribution < 1.29 is 22.4 Å². The van der Waals surface area contributed by atoms with Crippen LogP contribution in [0.15, 0.2) is 61.0 Å². The number of likely N-dealkylation sites (tertiary alicyclic amines) is 1. The molecular formula is C25H24N2O6S. The van der Waals surface area contributed by atoms with E-state index in [1.165, 1.54) is 6.07 Å². The number of fused-ring (bicyclic) bond motifs is 2. The second kappa shape index (κ2) is 8.39. The Kier molecular flexibility index (Phi) is 5.51. The van der Waals surface area contributed by atoms with Gasteiger partial charge in [-0.15, -0.1) is 4.40 Å². The number of hydrogen-bond donors (Lipinski definition) is 0. The minimum Gasteiger partial charge on any atom is -0.461 e. The van der Waals surface area contributed by atoms with Gasteiger partial charge in [0, 0.05) is 35.7 Å². The van der Waals surface area contributed by atoms with Gasteiger partial charge < -0.3 is 14.1 Å². The Labute approximate surface area is 196 Å². The van der Waals surface area contributed by atoms with Gasteiger partial charge in [0.2, 0.25) is 0 Å². The molecule has 0 unspecified atom stereocenters. The minimum absolute atomic E-state index is 0.0436. The van der Waals surface area contributed by atoms with E-state index in [-0.39, 0.29) is 17.5 Å². The molecule has 2 aliphatic rings. The lowest BCUT2D eigenvalue weighted by molar-refractivity contribution is -0.151. The highest BCUT2D eigenvalue weighted by atomic mass is 32.2. The molecule has 0 bridgehead atoms. The molecule has 1 atom stereocenters. The van der Waals surface area contributed by atoms with Gasteiger partial charge >= 0.3 is 11.6 Å². The lowest BCUT2D eigenvalue weighted by Gasteiger charge is -2.32. The maximum atomic E-state index is 12.9. The van der Waals surface area contributed by atoms with Crippen LogP contribution >= 0.6 is 0 Å². The molecule has 1 saturated heterocycles. The van der Waals surface area contributed by atoms with Crippen molar-refractivity contribution in [3.8, 4) is 0 Å². The summed E-state index contributed by atoms with van der Waals surface area (Å²) < 4.78 is 39.7. The van der Waals surface area contributed by atoms with E-state index in [1.54, 1.807) is 24.3 Å². The van der Waals surface area contributed by atoms with E-state index in [0.29, 0.717) is 48.5 Å². The zero-order valence-corrected chi connectivity index (χ0v) is 19.7. The van der Waals surface area contributed by atoms with Gasteiger partial charge in [-0.1, -0.05) is 12.1 Å². The topological polar surface area (TPSA) is 106 Å². The molecule has 3 aromatic rings. The second-order valence-electron chi connectivity index (χ2n) is 8.80. The molecule has 5 rings (SSSR count). The summed E-state index contributed by atoms with van der Waals surface area (Å²) in [4.78, 5) is 27.0. The van der Waals surface area contributed by atoms with Crippen LogP contribution in [-0.2, 0) is 26.2 Å². The fourth-order valence-corrected chi connectivity index (χ4v) is 5.78. The van der Waals surface area contributed by atoms with E-state index in [1.807, 2.05) is 30.9 Å². The van der Waals surface area contributed by atoms with Crippen LogP contribution in [0.4, 0.5) is 0 Å². The van der Waals surface area contributed by atoms with Crippen LogP contribution < -0.4 is 5.63 Å². The Hall–Kier alpha value is -3.46. The number of piperidine rings is 1. The van der Waals surface area contributed by atoms with Crippen molar-refractivity contribution in [1.82, 2.24) is 4.90 Å². The third-order valence-corrected chi connectivity index (χ3v) is 7.81. The first-order chi connectivity index (χ1) is 16.2. The van der Waals surface area contributed by atoms with Gasteiger partial charge in [-0.05, 0) is 62.1 Å². The highest BCUT2D eigenvalue weighted by Crippen LogP contribution is 2.30. The number of benzene rings is 2. The molecule has 8 nitrogen and oxygen atoms in total. The third-order valence-electron chi connectivity index (χ3n) is 6.48. The van der Waals surface area contributed by atoms with Gasteiger partial charge in [0.25, 0.3) is 10.0 Å². The van der Waals surface area contributed by atoms with Crippen LogP contribution in [0, 0.1) is 19.8 Å². The van der Waals surface area contributed by atoms with Crippen LogP contribution in [0.1, 0.15) is 35.1 Å². The molecule has 176 valence electrons. The highest BCUT2D eigenvalue weighted by Gasteiger charge is 2.35. The van der Waals surface area contributed by atoms with Crippen molar-refractivity contribution in [1.29, 1.82) is 0 Å². The van der Waals surface area contributed by atoms with Crippen LogP contribution in [0.3, 0.4) is 0 Å². The predicted molar refractivity (Wildman–Crippen MR) is 126 cm³/mol. The first kappa shape index (κ1) is 22.3. The summed E-state index contributed by atoms with van der Waals surface area (Å²) >= 11 is 0. The number of rotatable bonds is 3. The van der Waals surface area contributed by atoms with E-state index < -0.39 is 21.6 Å². The van der Waals surface area contributed by atoms with Crippen molar-refractivity contribution in [3.05, 3.63) is 75.1 Å². The molecule has 34 heavy (non-hydrogen) atoms. The number of carbonyl (C=O) groups is 1. The Balaban J connectivity index is 1.33. The lowest BCUT2D eigenvalue weighted by Crippen LogP contribution is -2.42. The summed E-state index contributed by atoms with van der Waals surface area (Å²) in [6.45, 7) is 4.79. The summed E-state index contributed by atoms with van der Waals surface area (Å²) in [5.74, 6) is -0.433. The number of sulfonamides is 1. The van der Waals surface area contributed by atoms with Gasteiger partial charge in [-0.3, -0.25) is 4.79 Å². The summed E-state index contributed by atoms with van der Waals surface area (Å²) in [6.07, 6.45) is 1.34. The first-order valence-electron chi connectivity index (χ1n) is 11.1. The van der Waals surface area contributed by atoms with Gasteiger partial charge in [-0.2, -0.15) is 8.42 Å². The van der Waals surface area contributed by atoms with Crippen molar-refractivity contribution in [2.75, 3.05) is 13.1 Å². The molecule has 0 spiro atoms. The van der Waals surface area contributed by atoms with E-state index in [9.17, 15) is 18.0 Å². The fraction of sp³-hybridized carbons (Fsp3) is 0.320. The van der Waals surface area contributed by atoms with Crippen LogP contribution in [0.25, 0.3) is 11.0 Å². The fourth-order valence-electron chi connectivity index (χ4n) is 4.55. The van der Waals surface area contributed by atoms with E-state index in [4.69, 9.17) is 9.15 Å². The molecular weight excluding hydrogens is 456 g/mol. The molecule has 0 N–H and O–H groups in total. The van der Waals surface area contributed by atoms with Crippen molar-refractivity contribution >= 4 is 32.8 Å². The monoisotopic (exact) mass is 480 g/mol. The molecule has 0 aliphatic carbocycles. The number of hydrogen-bond acceptors (Lipinski definition) is 7. The molecule has 1 aromatic heterocycles. The molecule has 0 radical (unpaired) electrons. The normalized spacial score (nSPS) is 19.1. The molecule has 0 saturated carbocycles. The summed E-state index contributed by atoms with van der Waals surface area (Å²) in [5, 5.41) is 0.739. The zero-order chi connectivity index (χ0) is 24.0.